The Balaban J connectivity index is 1.42. The van der Waals surface area contributed by atoms with Crippen molar-refractivity contribution in [1.82, 2.24) is 20.2 Å². The highest BCUT2D eigenvalue weighted by Gasteiger charge is 2.42. The molecule has 1 aromatic carbocycles. The molecular weight excluding hydrogens is 408 g/mol. The molecule has 6 nitrogen and oxygen atoms in total. The van der Waals surface area contributed by atoms with Crippen LogP contribution in [0.25, 0.3) is 10.7 Å². The fourth-order valence-corrected chi connectivity index (χ4v) is 5.57. The van der Waals surface area contributed by atoms with Crippen LogP contribution in [0.5, 0.6) is 0 Å². The van der Waals surface area contributed by atoms with Crippen molar-refractivity contribution in [2.24, 2.45) is 0 Å². The van der Waals surface area contributed by atoms with Gasteiger partial charge in [0.2, 0.25) is 11.8 Å². The molecular formula is C24H24N4O2S. The highest BCUT2D eigenvalue weighted by Crippen LogP contribution is 2.43. The van der Waals surface area contributed by atoms with Gasteiger partial charge in [-0.05, 0) is 37.0 Å². The number of piperidine rings is 1. The van der Waals surface area contributed by atoms with E-state index in [1.807, 2.05) is 29.2 Å². The summed E-state index contributed by atoms with van der Waals surface area (Å²) in [7, 11) is 0. The number of rotatable bonds is 4. The van der Waals surface area contributed by atoms with Gasteiger partial charge in [-0.2, -0.15) is 0 Å². The number of thiazole rings is 1. The molecule has 2 aliphatic rings. The van der Waals surface area contributed by atoms with Gasteiger partial charge in [-0.15, -0.1) is 11.3 Å². The van der Waals surface area contributed by atoms with Crippen molar-refractivity contribution < 1.29 is 9.59 Å². The SMILES string of the molecule is O=C1CC[C@@H](C(=O)N2CCC(c3ccccc3)(c3csc(-c4ccccn4)n3)CC2)N1. The third kappa shape index (κ3) is 3.74. The standard InChI is InChI=1S/C24H24N4O2S/c29-21-10-9-19(26-21)23(30)28-14-11-24(12-15-28,17-6-2-1-3-7-17)20-16-31-22(27-20)18-8-4-5-13-25-18/h1-8,13,16,19H,9-12,14-15H2,(H,26,29)/t19-/m0/s1. The number of pyridine rings is 1. The molecule has 1 atom stereocenters. The fraction of sp³-hybridized carbons (Fsp3) is 0.333. The van der Waals surface area contributed by atoms with Crippen molar-refractivity contribution in [3.63, 3.8) is 0 Å². The van der Waals surface area contributed by atoms with Crippen molar-refractivity contribution in [3.05, 3.63) is 71.4 Å². The Kier molecular flexibility index (Phi) is 5.28. The van der Waals surface area contributed by atoms with Crippen LogP contribution in [-0.2, 0) is 15.0 Å². The van der Waals surface area contributed by atoms with Crippen LogP contribution in [0.15, 0.2) is 60.1 Å². The Morgan fingerprint density at radius 2 is 1.87 bits per heavy atom. The molecule has 0 spiro atoms. The van der Waals surface area contributed by atoms with Gasteiger partial charge in [0.15, 0.2) is 0 Å². The molecule has 2 amide bonds. The number of likely N-dealkylation sites (tertiary alicyclic amines) is 1. The first kappa shape index (κ1) is 19.9. The highest BCUT2D eigenvalue weighted by atomic mass is 32.1. The molecule has 5 rings (SSSR count). The van der Waals surface area contributed by atoms with E-state index in [-0.39, 0.29) is 23.3 Å². The Hall–Kier alpha value is -3.06. The largest absolute Gasteiger partial charge is 0.344 e. The molecule has 0 saturated carbocycles. The Morgan fingerprint density at radius 3 is 2.55 bits per heavy atom. The van der Waals surface area contributed by atoms with Crippen LogP contribution in [-0.4, -0.2) is 45.8 Å². The van der Waals surface area contributed by atoms with Crippen LogP contribution in [0.3, 0.4) is 0 Å². The average Bonchev–Trinajstić information content (AvgIpc) is 3.50. The van der Waals surface area contributed by atoms with Gasteiger partial charge in [-0.3, -0.25) is 14.6 Å². The number of nitrogens with zero attached hydrogens (tertiary/aromatic N) is 3. The molecule has 1 N–H and O–H groups in total. The first-order valence-electron chi connectivity index (χ1n) is 10.7. The second kappa shape index (κ2) is 8.23. The van der Waals surface area contributed by atoms with Crippen LogP contribution in [0.1, 0.15) is 36.9 Å². The van der Waals surface area contributed by atoms with Gasteiger partial charge >= 0.3 is 0 Å². The van der Waals surface area contributed by atoms with Crippen molar-refractivity contribution in [1.29, 1.82) is 0 Å². The summed E-state index contributed by atoms with van der Waals surface area (Å²) in [4.78, 5) is 35.8. The average molecular weight is 433 g/mol. The number of carbonyl (C=O) groups is 2. The first-order valence-corrected chi connectivity index (χ1v) is 11.5. The lowest BCUT2D eigenvalue weighted by Gasteiger charge is -2.42. The van der Waals surface area contributed by atoms with Gasteiger partial charge in [-0.1, -0.05) is 36.4 Å². The summed E-state index contributed by atoms with van der Waals surface area (Å²) in [6.07, 6.45) is 4.42. The smallest absolute Gasteiger partial charge is 0.245 e. The maximum absolute atomic E-state index is 12.9. The highest BCUT2D eigenvalue weighted by molar-refractivity contribution is 7.13. The van der Waals surface area contributed by atoms with Gasteiger partial charge in [-0.25, -0.2) is 4.98 Å². The molecule has 2 fully saturated rings. The molecule has 158 valence electrons. The zero-order valence-electron chi connectivity index (χ0n) is 17.2. The predicted octanol–water partition coefficient (Wildman–Crippen LogP) is 3.39. The second-order valence-corrected chi connectivity index (χ2v) is 9.04. The van der Waals surface area contributed by atoms with Crippen LogP contribution < -0.4 is 5.32 Å². The lowest BCUT2D eigenvalue weighted by atomic mass is 9.70. The quantitative estimate of drug-likeness (QED) is 0.686. The molecule has 0 unspecified atom stereocenters. The molecule has 4 heterocycles. The van der Waals surface area contributed by atoms with E-state index in [4.69, 9.17) is 4.98 Å². The second-order valence-electron chi connectivity index (χ2n) is 8.19. The topological polar surface area (TPSA) is 75.2 Å². The Bertz CT molecular complexity index is 1080. The summed E-state index contributed by atoms with van der Waals surface area (Å²) in [5.74, 6) is 0.0125. The first-order chi connectivity index (χ1) is 15.2. The predicted molar refractivity (Wildman–Crippen MR) is 120 cm³/mol. The van der Waals surface area contributed by atoms with E-state index in [1.165, 1.54) is 5.56 Å². The lowest BCUT2D eigenvalue weighted by Crippen LogP contribution is -2.51. The Labute approximate surface area is 185 Å². The summed E-state index contributed by atoms with van der Waals surface area (Å²) >= 11 is 1.62. The fourth-order valence-electron chi connectivity index (χ4n) is 4.68. The summed E-state index contributed by atoms with van der Waals surface area (Å²) < 4.78 is 0. The third-order valence-corrected chi connectivity index (χ3v) is 7.29. The van der Waals surface area contributed by atoms with Gasteiger partial charge in [0, 0.05) is 36.5 Å². The Morgan fingerprint density at radius 1 is 1.10 bits per heavy atom. The number of aromatic nitrogens is 2. The van der Waals surface area contributed by atoms with Crippen LogP contribution in [0.2, 0.25) is 0 Å². The molecule has 0 radical (unpaired) electrons. The van der Waals surface area contributed by atoms with Crippen molar-refractivity contribution in [3.8, 4) is 10.7 Å². The van der Waals surface area contributed by atoms with E-state index in [9.17, 15) is 9.59 Å². The molecule has 3 aromatic rings. The minimum atomic E-state index is -0.369. The van der Waals surface area contributed by atoms with Gasteiger partial charge < -0.3 is 10.2 Å². The van der Waals surface area contributed by atoms with E-state index < -0.39 is 0 Å². The maximum Gasteiger partial charge on any atom is 0.245 e. The van der Waals surface area contributed by atoms with Gasteiger partial charge in [0.05, 0.1) is 11.4 Å². The number of amides is 2. The normalized spacial score (nSPS) is 20.5. The molecule has 0 bridgehead atoms. The van der Waals surface area contributed by atoms with E-state index >= 15 is 0 Å². The van der Waals surface area contributed by atoms with Crippen LogP contribution in [0.4, 0.5) is 0 Å². The summed E-state index contributed by atoms with van der Waals surface area (Å²) in [6, 6.07) is 16.0. The molecule has 7 heteroatoms. The summed E-state index contributed by atoms with van der Waals surface area (Å²) in [5, 5.41) is 5.87. The van der Waals surface area contributed by atoms with Crippen molar-refractivity contribution >= 4 is 23.2 Å². The van der Waals surface area contributed by atoms with Gasteiger partial charge in [0.1, 0.15) is 11.0 Å². The number of benzene rings is 1. The van der Waals surface area contributed by atoms with Crippen LogP contribution in [0, 0.1) is 0 Å². The third-order valence-electron chi connectivity index (χ3n) is 6.43. The van der Waals surface area contributed by atoms with E-state index in [2.05, 4.69) is 39.9 Å². The molecule has 31 heavy (non-hydrogen) atoms. The van der Waals surface area contributed by atoms with E-state index in [0.29, 0.717) is 25.9 Å². The lowest BCUT2D eigenvalue weighted by molar-refractivity contribution is -0.135. The summed E-state index contributed by atoms with van der Waals surface area (Å²) in [5.41, 5.74) is 2.92. The number of nitrogens with one attached hydrogen (secondary N) is 1. The van der Waals surface area contributed by atoms with Gasteiger partial charge in [0.25, 0.3) is 0 Å². The zero-order chi connectivity index (χ0) is 21.3. The number of hydrogen-bond donors (Lipinski definition) is 1. The zero-order valence-corrected chi connectivity index (χ0v) is 18.0. The van der Waals surface area contributed by atoms with Crippen LogP contribution >= 0.6 is 11.3 Å². The molecule has 2 saturated heterocycles. The number of carbonyl (C=O) groups excluding carboxylic acids is 2. The molecule has 2 aromatic heterocycles. The minimum Gasteiger partial charge on any atom is -0.344 e. The molecule has 0 aliphatic carbocycles. The van der Waals surface area contributed by atoms with Crippen molar-refractivity contribution in [2.45, 2.75) is 37.1 Å². The molecule has 2 aliphatic heterocycles. The summed E-state index contributed by atoms with van der Waals surface area (Å²) in [6.45, 7) is 1.30. The van der Waals surface area contributed by atoms with E-state index in [0.717, 1.165) is 29.2 Å². The maximum atomic E-state index is 12.9. The van der Waals surface area contributed by atoms with E-state index in [1.54, 1.807) is 17.5 Å². The number of hydrogen-bond acceptors (Lipinski definition) is 5. The minimum absolute atomic E-state index is 0.0292. The monoisotopic (exact) mass is 432 g/mol. The van der Waals surface area contributed by atoms with Crippen molar-refractivity contribution in [2.75, 3.05) is 13.1 Å².